The summed E-state index contributed by atoms with van der Waals surface area (Å²) in [7, 11) is -2.15. The third-order valence-corrected chi connectivity index (χ3v) is 7.10. The van der Waals surface area contributed by atoms with Crippen molar-refractivity contribution in [3.05, 3.63) is 45.6 Å². The van der Waals surface area contributed by atoms with Gasteiger partial charge in [-0.2, -0.15) is 0 Å². The summed E-state index contributed by atoms with van der Waals surface area (Å²) in [6.45, 7) is 3.61. The average Bonchev–Trinajstić information content (AvgIpc) is 3.27. The van der Waals surface area contributed by atoms with Crippen LogP contribution in [0.1, 0.15) is 28.8 Å². The van der Waals surface area contributed by atoms with Crippen molar-refractivity contribution in [2.45, 2.75) is 37.2 Å². The second-order valence-electron chi connectivity index (χ2n) is 6.59. The molecule has 7 heteroatoms. The second-order valence-corrected chi connectivity index (χ2v) is 9.31. The van der Waals surface area contributed by atoms with Crippen molar-refractivity contribution < 1.29 is 18.3 Å². The van der Waals surface area contributed by atoms with E-state index in [0.717, 1.165) is 28.8 Å². The van der Waals surface area contributed by atoms with E-state index in [1.165, 1.54) is 11.3 Å². The maximum atomic E-state index is 12.7. The van der Waals surface area contributed by atoms with Gasteiger partial charge in [0.25, 0.3) is 0 Å². The van der Waals surface area contributed by atoms with Crippen LogP contribution >= 0.6 is 11.3 Å². The third-order valence-electron chi connectivity index (χ3n) is 4.68. The van der Waals surface area contributed by atoms with Crippen LogP contribution in [0.25, 0.3) is 0 Å². The van der Waals surface area contributed by atoms with Crippen LogP contribution in [0.3, 0.4) is 0 Å². The molecule has 0 amide bonds. The van der Waals surface area contributed by atoms with Crippen LogP contribution in [0.5, 0.6) is 5.75 Å². The van der Waals surface area contributed by atoms with Gasteiger partial charge in [0.05, 0.1) is 12.0 Å². The van der Waals surface area contributed by atoms with Crippen LogP contribution in [-0.2, 0) is 15.6 Å². The average molecular weight is 382 g/mol. The summed E-state index contributed by atoms with van der Waals surface area (Å²) < 4.78 is 33.4. The molecule has 0 radical (unpaired) electrons. The van der Waals surface area contributed by atoms with Crippen LogP contribution in [0.2, 0.25) is 0 Å². The zero-order valence-corrected chi connectivity index (χ0v) is 16.2. The summed E-state index contributed by atoms with van der Waals surface area (Å²) in [6, 6.07) is 6.92. The highest BCUT2D eigenvalue weighted by molar-refractivity contribution is 7.89. The van der Waals surface area contributed by atoms with Gasteiger partial charge in [0, 0.05) is 11.4 Å². The molecule has 0 aliphatic heterocycles. The number of hydrogen-bond donors (Lipinski definition) is 2. The summed E-state index contributed by atoms with van der Waals surface area (Å²) in [4.78, 5) is 0.993. The number of aliphatic hydroxyl groups is 1. The molecule has 1 aliphatic rings. The largest absolute Gasteiger partial charge is 0.496 e. The summed E-state index contributed by atoms with van der Waals surface area (Å²) in [6.07, 6.45) is 1.83. The zero-order valence-electron chi connectivity index (χ0n) is 14.6. The molecule has 1 saturated carbocycles. The molecular formula is C18H23NO4S2. The normalized spacial score (nSPS) is 17.3. The van der Waals surface area contributed by atoms with E-state index in [9.17, 15) is 13.5 Å². The van der Waals surface area contributed by atoms with E-state index >= 15 is 0 Å². The van der Waals surface area contributed by atoms with Gasteiger partial charge in [-0.05, 0) is 67.3 Å². The number of rotatable bonds is 7. The first-order valence-electron chi connectivity index (χ1n) is 8.19. The molecule has 1 unspecified atom stereocenters. The highest BCUT2D eigenvalue weighted by Gasteiger charge is 2.46. The Hall–Kier alpha value is -1.41. The lowest BCUT2D eigenvalue weighted by Gasteiger charge is -2.27. The molecule has 1 aromatic carbocycles. The number of aryl methyl sites for hydroxylation is 2. The Kier molecular flexibility index (Phi) is 4.94. The van der Waals surface area contributed by atoms with E-state index in [2.05, 4.69) is 4.72 Å². The van der Waals surface area contributed by atoms with Crippen molar-refractivity contribution in [3.8, 4) is 5.75 Å². The maximum absolute atomic E-state index is 12.7. The first-order chi connectivity index (χ1) is 11.8. The van der Waals surface area contributed by atoms with Crippen molar-refractivity contribution in [1.29, 1.82) is 0 Å². The Balaban J connectivity index is 1.84. The van der Waals surface area contributed by atoms with Crippen molar-refractivity contribution in [2.24, 2.45) is 5.92 Å². The monoisotopic (exact) mass is 381 g/mol. The minimum atomic E-state index is -3.72. The van der Waals surface area contributed by atoms with Crippen molar-refractivity contribution in [2.75, 3.05) is 13.7 Å². The molecular weight excluding hydrogens is 358 g/mol. The molecule has 5 nitrogen and oxygen atoms in total. The second kappa shape index (κ2) is 6.72. The molecule has 2 N–H and O–H groups in total. The van der Waals surface area contributed by atoms with E-state index in [-0.39, 0.29) is 17.4 Å². The van der Waals surface area contributed by atoms with Gasteiger partial charge < -0.3 is 9.84 Å². The van der Waals surface area contributed by atoms with Crippen LogP contribution in [0.15, 0.2) is 34.5 Å². The van der Waals surface area contributed by atoms with Crippen LogP contribution < -0.4 is 9.46 Å². The molecule has 1 fully saturated rings. The number of benzene rings is 1. The number of thiophene rings is 1. The fraction of sp³-hybridized carbons (Fsp3) is 0.444. The van der Waals surface area contributed by atoms with Crippen molar-refractivity contribution in [1.82, 2.24) is 4.72 Å². The molecule has 3 rings (SSSR count). The van der Waals surface area contributed by atoms with Crippen LogP contribution in [0, 0.1) is 19.8 Å². The molecule has 25 heavy (non-hydrogen) atoms. The quantitative estimate of drug-likeness (QED) is 0.773. The van der Waals surface area contributed by atoms with E-state index in [4.69, 9.17) is 4.74 Å². The number of methoxy groups -OCH3 is 1. The lowest BCUT2D eigenvalue weighted by Crippen LogP contribution is -2.42. The SMILES string of the molecule is COc1c(C)cc(S(=O)(=O)NCC(O)(c2cccs2)C2CC2)cc1C. The lowest BCUT2D eigenvalue weighted by molar-refractivity contribution is 0.0222. The van der Waals surface area contributed by atoms with Gasteiger partial charge in [0.1, 0.15) is 11.4 Å². The molecule has 1 atom stereocenters. The van der Waals surface area contributed by atoms with Crippen molar-refractivity contribution >= 4 is 21.4 Å². The summed E-state index contributed by atoms with van der Waals surface area (Å²) >= 11 is 1.45. The van der Waals surface area contributed by atoms with Crippen molar-refractivity contribution in [3.63, 3.8) is 0 Å². The van der Waals surface area contributed by atoms with E-state index < -0.39 is 15.6 Å². The zero-order chi connectivity index (χ0) is 18.2. The summed E-state index contributed by atoms with van der Waals surface area (Å²) in [5, 5.41) is 13.0. The Morgan fingerprint density at radius 2 is 1.96 bits per heavy atom. The van der Waals surface area contributed by atoms with Gasteiger partial charge >= 0.3 is 0 Å². The first kappa shape index (κ1) is 18.4. The first-order valence-corrected chi connectivity index (χ1v) is 10.6. The van der Waals surface area contributed by atoms with Crippen LogP contribution in [-0.4, -0.2) is 27.2 Å². The maximum Gasteiger partial charge on any atom is 0.240 e. The fourth-order valence-electron chi connectivity index (χ4n) is 3.19. The predicted octanol–water partition coefficient (Wildman–Crippen LogP) is 2.95. The van der Waals surface area contributed by atoms with Gasteiger partial charge in [-0.25, -0.2) is 13.1 Å². The number of sulfonamides is 1. The molecule has 1 aliphatic carbocycles. The van der Waals surface area contributed by atoms with Gasteiger partial charge in [-0.15, -0.1) is 11.3 Å². The Morgan fingerprint density at radius 3 is 2.44 bits per heavy atom. The summed E-state index contributed by atoms with van der Waals surface area (Å²) in [5.41, 5.74) is 0.384. The molecule has 2 aromatic rings. The molecule has 0 bridgehead atoms. The number of hydrogen-bond acceptors (Lipinski definition) is 5. The molecule has 1 heterocycles. The lowest BCUT2D eigenvalue weighted by atomic mass is 9.96. The van der Waals surface area contributed by atoms with Gasteiger partial charge in [-0.1, -0.05) is 6.07 Å². The highest BCUT2D eigenvalue weighted by Crippen LogP contribution is 2.46. The van der Waals surface area contributed by atoms with E-state index in [1.54, 1.807) is 19.2 Å². The molecule has 1 aromatic heterocycles. The standard InChI is InChI=1S/C18H23NO4S2/c1-12-9-15(10-13(2)17(12)23-3)25(21,22)19-11-18(20,14-6-7-14)16-5-4-8-24-16/h4-5,8-10,14,19-20H,6-7,11H2,1-3H3. The summed E-state index contributed by atoms with van der Waals surface area (Å²) in [5.74, 6) is 0.792. The van der Waals surface area contributed by atoms with Gasteiger partial charge in [0.15, 0.2) is 0 Å². The molecule has 136 valence electrons. The third kappa shape index (κ3) is 3.60. The Bertz CT molecular complexity index is 834. The number of ether oxygens (including phenoxy) is 1. The van der Waals surface area contributed by atoms with Gasteiger partial charge in [0.2, 0.25) is 10.0 Å². The van der Waals surface area contributed by atoms with Gasteiger partial charge in [-0.3, -0.25) is 0 Å². The Labute approximate surface area is 152 Å². The molecule has 0 spiro atoms. The smallest absolute Gasteiger partial charge is 0.240 e. The minimum absolute atomic E-state index is 0.0232. The fourth-order valence-corrected chi connectivity index (χ4v) is 5.34. The Morgan fingerprint density at radius 1 is 1.32 bits per heavy atom. The minimum Gasteiger partial charge on any atom is -0.496 e. The van der Waals surface area contributed by atoms with E-state index in [0.29, 0.717) is 5.75 Å². The van der Waals surface area contributed by atoms with E-state index in [1.807, 2.05) is 31.4 Å². The van der Waals surface area contributed by atoms with Crippen LogP contribution in [0.4, 0.5) is 0 Å². The predicted molar refractivity (Wildman–Crippen MR) is 98.6 cm³/mol. The number of nitrogens with one attached hydrogen (secondary N) is 1. The molecule has 0 saturated heterocycles. The highest BCUT2D eigenvalue weighted by atomic mass is 32.2. The topological polar surface area (TPSA) is 75.6 Å².